The van der Waals surface area contributed by atoms with Crippen LogP contribution in [0.2, 0.25) is 3.97 Å². The van der Waals surface area contributed by atoms with Gasteiger partial charge in [-0.25, -0.2) is 0 Å². The second-order valence-corrected chi connectivity index (χ2v) is 6.87. The summed E-state index contributed by atoms with van der Waals surface area (Å²) in [6.45, 7) is 8.70. The summed E-state index contributed by atoms with van der Waals surface area (Å²) in [5.74, 6) is 0. The van der Waals surface area contributed by atoms with E-state index in [0.29, 0.717) is 3.97 Å². The van der Waals surface area contributed by atoms with Crippen LogP contribution in [0.5, 0.6) is 0 Å². The van der Waals surface area contributed by atoms with Gasteiger partial charge in [-0.15, -0.1) is 0 Å². The summed E-state index contributed by atoms with van der Waals surface area (Å²) in [4.78, 5) is 0. The van der Waals surface area contributed by atoms with Gasteiger partial charge in [-0.3, -0.25) is 0 Å². The van der Waals surface area contributed by atoms with Gasteiger partial charge < -0.3 is 0 Å². The Hall–Kier alpha value is 1.23. The first-order valence-electron chi connectivity index (χ1n) is 2.98. The van der Waals surface area contributed by atoms with Gasteiger partial charge in [0.05, 0.1) is 0 Å². The van der Waals surface area contributed by atoms with Crippen molar-refractivity contribution in [2.75, 3.05) is 0 Å². The molecule has 0 aliphatic rings. The van der Waals surface area contributed by atoms with Crippen molar-refractivity contribution < 1.29 is 3.53 Å². The summed E-state index contributed by atoms with van der Waals surface area (Å²) < 4.78 is 5.68. The van der Waals surface area contributed by atoms with E-state index >= 15 is 0 Å². The standard InChI is InChI=1S/C6H12O.2Ga/c1-5(2)6(3,4)7;;/h1-4H3;;/q-1;;+1. The van der Waals surface area contributed by atoms with Gasteiger partial charge in [-0.2, -0.15) is 0 Å². The molecule has 0 saturated carbocycles. The molecule has 0 unspecified atom stereocenters. The Morgan fingerprint density at radius 3 is 1.44 bits per heavy atom. The Morgan fingerprint density at radius 1 is 1.11 bits per heavy atom. The average Bonchev–Trinajstić information content (AvgIpc) is 1.64. The van der Waals surface area contributed by atoms with E-state index in [1.165, 1.54) is 19.0 Å². The monoisotopic (exact) mass is 238 g/mol. The first kappa shape index (κ1) is 10.2. The molecule has 0 aliphatic carbocycles. The second-order valence-electron chi connectivity index (χ2n) is 3.35. The van der Waals surface area contributed by atoms with Crippen molar-refractivity contribution >= 4 is 37.6 Å². The summed E-state index contributed by atoms with van der Waals surface area (Å²) in [6.07, 6.45) is 0. The number of hydrogen-bond acceptors (Lipinski definition) is 1. The molecule has 0 amide bonds. The molecule has 0 aromatic heterocycles. The van der Waals surface area contributed by atoms with Gasteiger partial charge in [-0.05, 0) is 0 Å². The van der Waals surface area contributed by atoms with Crippen molar-refractivity contribution in [1.29, 1.82) is 0 Å². The third-order valence-corrected chi connectivity index (χ3v) is 4.54. The molecule has 4 radical (unpaired) electrons. The van der Waals surface area contributed by atoms with E-state index in [0.717, 1.165) is 0 Å². The van der Waals surface area contributed by atoms with Crippen LogP contribution in [0, 0.1) is 0 Å². The zero-order valence-corrected chi connectivity index (χ0v) is 11.4. The number of hydrogen-bond donors (Lipinski definition) is 0. The molecule has 1 nitrogen and oxygen atoms in total. The molecule has 0 saturated heterocycles. The predicted molar refractivity (Wildman–Crippen MR) is 40.7 cm³/mol. The fourth-order valence-corrected chi connectivity index (χ4v) is 1.53. The van der Waals surface area contributed by atoms with Crippen molar-refractivity contribution in [1.82, 2.24) is 0 Å². The van der Waals surface area contributed by atoms with Crippen molar-refractivity contribution in [2.24, 2.45) is 0 Å². The predicted octanol–water partition coefficient (Wildman–Crippen LogP) is 1.23. The molecule has 0 bridgehead atoms. The van der Waals surface area contributed by atoms with Crippen LogP contribution >= 0.6 is 0 Å². The van der Waals surface area contributed by atoms with Crippen molar-refractivity contribution in [2.45, 2.75) is 37.3 Å². The fraction of sp³-hybridized carbons (Fsp3) is 1.00. The molecule has 0 atom stereocenters. The molecule has 0 spiro atoms. The zero-order valence-electron chi connectivity index (χ0n) is 6.56. The molecule has 3 heteroatoms. The molecule has 0 rings (SSSR count). The molecule has 0 heterocycles. The Morgan fingerprint density at radius 2 is 1.44 bits per heavy atom. The van der Waals surface area contributed by atoms with Gasteiger partial charge in [0.1, 0.15) is 0 Å². The van der Waals surface area contributed by atoms with E-state index < -0.39 is 0 Å². The van der Waals surface area contributed by atoms with Gasteiger partial charge in [0.2, 0.25) is 0 Å². The maximum absolute atomic E-state index is 5.38. The van der Waals surface area contributed by atoms with Crippen LogP contribution in [0.3, 0.4) is 0 Å². The molecule has 0 N–H and O–H groups in total. The fourth-order valence-electron chi connectivity index (χ4n) is 0.152. The normalized spacial score (nSPS) is 13.8. The summed E-state index contributed by atoms with van der Waals surface area (Å²) >= 11 is 3.08. The minimum atomic E-state index is 0.0347. The maximum atomic E-state index is 5.38. The quantitative estimate of drug-likeness (QED) is 0.659. The van der Waals surface area contributed by atoms with Crippen LogP contribution in [0.15, 0.2) is 0 Å². The van der Waals surface area contributed by atoms with Crippen molar-refractivity contribution in [3.63, 3.8) is 0 Å². The van der Waals surface area contributed by atoms with Gasteiger partial charge in [0.25, 0.3) is 0 Å². The summed E-state index contributed by atoms with van der Waals surface area (Å²) in [5, 5.41) is 0. The molecule has 0 fully saturated rings. The third kappa shape index (κ3) is 2.76. The van der Waals surface area contributed by atoms with Crippen LogP contribution in [-0.4, -0.2) is 43.2 Å². The van der Waals surface area contributed by atoms with E-state index in [1.807, 2.05) is 0 Å². The van der Waals surface area contributed by atoms with Gasteiger partial charge >= 0.3 is 78.4 Å². The first-order valence-corrected chi connectivity index (χ1v) is 5.18. The van der Waals surface area contributed by atoms with Crippen LogP contribution in [0.25, 0.3) is 0 Å². The Labute approximate surface area is 78.2 Å². The molecule has 48 valence electrons. The van der Waals surface area contributed by atoms with Crippen molar-refractivity contribution in [3.8, 4) is 0 Å². The molecule has 0 aliphatic heterocycles. The molecule has 0 aromatic carbocycles. The summed E-state index contributed by atoms with van der Waals surface area (Å²) in [7, 11) is 0. The van der Waals surface area contributed by atoms with E-state index in [2.05, 4.69) is 27.7 Å². The topological polar surface area (TPSA) is 9.23 Å². The van der Waals surface area contributed by atoms with E-state index in [9.17, 15) is 0 Å². The van der Waals surface area contributed by atoms with Gasteiger partial charge in [-0.1, -0.05) is 0 Å². The Kier molecular flexibility index (Phi) is 3.51. The zero-order chi connectivity index (χ0) is 7.71. The summed E-state index contributed by atoms with van der Waals surface area (Å²) in [5.41, 5.74) is 0.0347. The minimum absolute atomic E-state index is 0.0347. The molecular formula is C6H12Ga2O. The van der Waals surface area contributed by atoms with E-state index in [1.54, 1.807) is 18.6 Å². The Balaban J connectivity index is 4.14. The summed E-state index contributed by atoms with van der Waals surface area (Å²) in [6, 6.07) is 0. The first-order chi connectivity index (χ1) is 3.81. The number of rotatable bonds is 2. The molecule has 0 aromatic rings. The molecule has 9 heavy (non-hydrogen) atoms. The third-order valence-electron chi connectivity index (χ3n) is 1.85. The van der Waals surface area contributed by atoms with E-state index in [4.69, 9.17) is 3.53 Å². The van der Waals surface area contributed by atoms with Crippen LogP contribution < -0.4 is 0 Å². The second kappa shape index (κ2) is 3.09. The average molecular weight is 240 g/mol. The SMILES string of the molecule is C[C](C)([Ga])C(C)(C)[O][Ga]. The van der Waals surface area contributed by atoms with E-state index in [-0.39, 0.29) is 5.60 Å². The van der Waals surface area contributed by atoms with Gasteiger partial charge in [0, 0.05) is 0 Å². The Bertz CT molecular complexity index is 93.7. The van der Waals surface area contributed by atoms with Crippen molar-refractivity contribution in [3.05, 3.63) is 0 Å². The van der Waals surface area contributed by atoms with Crippen LogP contribution in [0.4, 0.5) is 0 Å². The van der Waals surface area contributed by atoms with Gasteiger partial charge in [0.15, 0.2) is 0 Å². The van der Waals surface area contributed by atoms with Crippen LogP contribution in [0.1, 0.15) is 27.7 Å². The van der Waals surface area contributed by atoms with Crippen LogP contribution in [-0.2, 0) is 3.53 Å². The molecular weight excluding hydrogens is 228 g/mol.